The van der Waals surface area contributed by atoms with Gasteiger partial charge in [0.1, 0.15) is 0 Å². The summed E-state index contributed by atoms with van der Waals surface area (Å²) in [5.41, 5.74) is 0.0735. The average Bonchev–Trinajstić information content (AvgIpc) is 2.02. The smallest absolute Gasteiger partial charge is 0.338 e. The predicted octanol–water partition coefficient (Wildman–Crippen LogP) is 1.74. The third kappa shape index (κ3) is 1.92. The molecule has 0 fully saturated rings. The number of aromatic carboxylic acids is 1. The minimum atomic E-state index is -1.15. The minimum Gasteiger partial charge on any atom is -0.478 e. The Morgan fingerprint density at radius 2 is 2.08 bits per heavy atom. The van der Waals surface area contributed by atoms with Crippen molar-refractivity contribution < 1.29 is 14.7 Å². The first-order valence-electron chi connectivity index (χ1n) is 3.41. The Balaban J connectivity index is 3.43. The average molecular weight is 244 g/mol. The molecule has 1 aromatic heterocycles. The summed E-state index contributed by atoms with van der Waals surface area (Å²) in [5.74, 6) is -1.45. The molecule has 0 amide bonds. The summed E-state index contributed by atoms with van der Waals surface area (Å²) in [6.45, 7) is 1.31. The molecule has 0 aromatic carbocycles. The van der Waals surface area contributed by atoms with Crippen LogP contribution in [0.1, 0.15) is 27.6 Å². The van der Waals surface area contributed by atoms with Crippen molar-refractivity contribution in [3.8, 4) is 0 Å². The molecular weight excluding hydrogens is 238 g/mol. The first-order chi connectivity index (χ1) is 6.04. The van der Waals surface area contributed by atoms with Crippen LogP contribution in [0.2, 0.25) is 0 Å². The lowest BCUT2D eigenvalue weighted by Gasteiger charge is -2.02. The van der Waals surface area contributed by atoms with Gasteiger partial charge in [0.05, 0.1) is 5.56 Å². The van der Waals surface area contributed by atoms with E-state index in [1.807, 2.05) is 0 Å². The number of aromatic nitrogens is 1. The number of carboxylic acid groups (broad SMARTS) is 1. The third-order valence-corrected chi connectivity index (χ3v) is 2.08. The van der Waals surface area contributed by atoms with Gasteiger partial charge in [0, 0.05) is 22.4 Å². The number of carboxylic acids is 1. The number of rotatable bonds is 2. The fraction of sp³-hybridized carbons (Fsp3) is 0.125. The van der Waals surface area contributed by atoms with Crippen LogP contribution < -0.4 is 0 Å². The fourth-order valence-electron chi connectivity index (χ4n) is 0.955. The van der Waals surface area contributed by atoms with Gasteiger partial charge in [-0.1, -0.05) is 0 Å². The van der Waals surface area contributed by atoms with Gasteiger partial charge in [-0.25, -0.2) is 4.79 Å². The van der Waals surface area contributed by atoms with Crippen LogP contribution in [0.5, 0.6) is 0 Å². The Kier molecular flexibility index (Phi) is 2.77. The van der Waals surface area contributed by atoms with Gasteiger partial charge in [-0.3, -0.25) is 9.78 Å². The van der Waals surface area contributed by atoms with Crippen molar-refractivity contribution in [3.05, 3.63) is 28.0 Å². The number of ketones is 1. The molecule has 0 aliphatic rings. The van der Waals surface area contributed by atoms with Crippen LogP contribution >= 0.6 is 15.9 Å². The second-order valence-corrected chi connectivity index (χ2v) is 3.26. The normalized spacial score (nSPS) is 9.69. The maximum atomic E-state index is 11.1. The number of carbonyl (C=O) groups is 2. The molecule has 0 spiro atoms. The number of hydrogen-bond acceptors (Lipinski definition) is 3. The maximum absolute atomic E-state index is 11.1. The molecule has 0 saturated heterocycles. The zero-order valence-corrected chi connectivity index (χ0v) is 8.33. The van der Waals surface area contributed by atoms with E-state index in [1.54, 1.807) is 0 Å². The second-order valence-electron chi connectivity index (χ2n) is 2.41. The lowest BCUT2D eigenvalue weighted by molar-refractivity contribution is 0.0691. The van der Waals surface area contributed by atoms with Gasteiger partial charge in [-0.2, -0.15) is 0 Å². The number of halogens is 1. The van der Waals surface area contributed by atoms with E-state index in [0.29, 0.717) is 4.47 Å². The zero-order valence-electron chi connectivity index (χ0n) is 6.74. The van der Waals surface area contributed by atoms with Crippen molar-refractivity contribution in [2.45, 2.75) is 6.92 Å². The highest BCUT2D eigenvalue weighted by Crippen LogP contribution is 2.19. The van der Waals surface area contributed by atoms with Crippen LogP contribution in [0, 0.1) is 0 Å². The topological polar surface area (TPSA) is 67.3 Å². The number of hydrogen-bond donors (Lipinski definition) is 1. The Hall–Kier alpha value is -1.23. The summed E-state index contributed by atoms with van der Waals surface area (Å²) in [4.78, 5) is 25.4. The van der Waals surface area contributed by atoms with E-state index in [2.05, 4.69) is 20.9 Å². The summed E-state index contributed by atoms with van der Waals surface area (Å²) in [6, 6.07) is 0. The van der Waals surface area contributed by atoms with Crippen LogP contribution in [0.4, 0.5) is 0 Å². The molecule has 1 rings (SSSR count). The highest BCUT2D eigenvalue weighted by molar-refractivity contribution is 9.10. The van der Waals surface area contributed by atoms with Crippen molar-refractivity contribution in [1.82, 2.24) is 4.98 Å². The maximum Gasteiger partial charge on any atom is 0.338 e. The van der Waals surface area contributed by atoms with Gasteiger partial charge in [0.25, 0.3) is 0 Å². The van der Waals surface area contributed by atoms with Crippen LogP contribution in [0.25, 0.3) is 0 Å². The van der Waals surface area contributed by atoms with Gasteiger partial charge < -0.3 is 5.11 Å². The van der Waals surface area contributed by atoms with E-state index in [-0.39, 0.29) is 16.9 Å². The van der Waals surface area contributed by atoms with E-state index in [1.165, 1.54) is 13.1 Å². The van der Waals surface area contributed by atoms with Crippen LogP contribution in [-0.4, -0.2) is 21.8 Å². The lowest BCUT2D eigenvalue weighted by atomic mass is 10.1. The van der Waals surface area contributed by atoms with E-state index < -0.39 is 5.97 Å². The molecule has 0 radical (unpaired) electrons. The van der Waals surface area contributed by atoms with Gasteiger partial charge in [0.2, 0.25) is 0 Å². The quantitative estimate of drug-likeness (QED) is 0.804. The van der Waals surface area contributed by atoms with Gasteiger partial charge in [-0.15, -0.1) is 0 Å². The Morgan fingerprint density at radius 1 is 1.46 bits per heavy atom. The monoisotopic (exact) mass is 243 g/mol. The molecule has 1 heterocycles. The first-order valence-corrected chi connectivity index (χ1v) is 4.21. The fourth-order valence-corrected chi connectivity index (χ4v) is 1.57. The Labute approximate surface area is 82.7 Å². The molecule has 0 unspecified atom stereocenters. The number of pyridine rings is 1. The lowest BCUT2D eigenvalue weighted by Crippen LogP contribution is -2.07. The van der Waals surface area contributed by atoms with E-state index >= 15 is 0 Å². The van der Waals surface area contributed by atoms with Crippen LogP contribution in [-0.2, 0) is 0 Å². The SMILES string of the molecule is CC(=O)c1c(Br)cncc1C(=O)O. The highest BCUT2D eigenvalue weighted by atomic mass is 79.9. The third-order valence-electron chi connectivity index (χ3n) is 1.48. The molecule has 0 bridgehead atoms. The summed E-state index contributed by atoms with van der Waals surface area (Å²) in [5, 5.41) is 8.73. The van der Waals surface area contributed by atoms with Gasteiger partial charge >= 0.3 is 5.97 Å². The van der Waals surface area contributed by atoms with Crippen molar-refractivity contribution in [1.29, 1.82) is 0 Å². The molecule has 1 aromatic rings. The zero-order chi connectivity index (χ0) is 10.0. The Morgan fingerprint density at radius 3 is 2.46 bits per heavy atom. The molecule has 1 N–H and O–H groups in total. The molecule has 13 heavy (non-hydrogen) atoms. The van der Waals surface area contributed by atoms with Crippen molar-refractivity contribution in [2.24, 2.45) is 0 Å². The molecule has 5 heteroatoms. The summed E-state index contributed by atoms with van der Waals surface area (Å²) in [6.07, 6.45) is 2.55. The largest absolute Gasteiger partial charge is 0.478 e. The van der Waals surface area contributed by atoms with E-state index in [0.717, 1.165) is 6.20 Å². The van der Waals surface area contributed by atoms with E-state index in [4.69, 9.17) is 5.11 Å². The van der Waals surface area contributed by atoms with Crippen LogP contribution in [0.15, 0.2) is 16.9 Å². The molecule has 0 saturated carbocycles. The molecule has 4 nitrogen and oxygen atoms in total. The molecule has 0 aliphatic carbocycles. The van der Waals surface area contributed by atoms with Crippen molar-refractivity contribution in [2.75, 3.05) is 0 Å². The minimum absolute atomic E-state index is 0.0816. The Bertz CT molecular complexity index is 376. The number of carbonyl (C=O) groups excluding carboxylic acids is 1. The standard InChI is InChI=1S/C8H6BrNO3/c1-4(11)7-5(8(12)13)2-10-3-6(7)9/h2-3H,1H3,(H,12,13). The predicted molar refractivity (Wildman–Crippen MR) is 48.9 cm³/mol. The molecule has 0 atom stereocenters. The van der Waals surface area contributed by atoms with Crippen molar-refractivity contribution >= 4 is 27.7 Å². The van der Waals surface area contributed by atoms with Crippen LogP contribution in [0.3, 0.4) is 0 Å². The molecule has 0 aliphatic heterocycles. The van der Waals surface area contributed by atoms with Gasteiger partial charge in [0.15, 0.2) is 5.78 Å². The summed E-state index contributed by atoms with van der Waals surface area (Å²) in [7, 11) is 0. The van der Waals surface area contributed by atoms with Gasteiger partial charge in [-0.05, 0) is 22.9 Å². The summed E-state index contributed by atoms with van der Waals surface area (Å²) >= 11 is 3.07. The van der Waals surface area contributed by atoms with E-state index in [9.17, 15) is 9.59 Å². The first kappa shape index (κ1) is 9.85. The molecular formula is C8H6BrNO3. The number of Topliss-reactive ketones (excluding diaryl/α,β-unsaturated/α-hetero) is 1. The summed E-state index contributed by atoms with van der Waals surface area (Å²) < 4.78 is 0.403. The number of nitrogens with zero attached hydrogens (tertiary/aromatic N) is 1. The van der Waals surface area contributed by atoms with Crippen molar-refractivity contribution in [3.63, 3.8) is 0 Å². The highest BCUT2D eigenvalue weighted by Gasteiger charge is 2.16. The second kappa shape index (κ2) is 3.66. The molecule has 68 valence electrons.